The monoisotopic (exact) mass is 313 g/mol. The highest BCUT2D eigenvalue weighted by atomic mass is 32.2. The first-order chi connectivity index (χ1) is 10.1. The van der Waals surface area contributed by atoms with Crippen LogP contribution in [0.3, 0.4) is 0 Å². The van der Waals surface area contributed by atoms with Gasteiger partial charge in [-0.05, 0) is 12.3 Å². The van der Waals surface area contributed by atoms with Gasteiger partial charge in [-0.3, -0.25) is 4.98 Å². The summed E-state index contributed by atoms with van der Waals surface area (Å²) < 4.78 is 22.6. The van der Waals surface area contributed by atoms with Crippen LogP contribution >= 0.6 is 0 Å². The van der Waals surface area contributed by atoms with Gasteiger partial charge in [0, 0.05) is 32.0 Å². The number of sulfone groups is 1. The Balaban J connectivity index is 1.56. The second-order valence-corrected chi connectivity index (χ2v) is 7.15. The van der Waals surface area contributed by atoms with Crippen molar-refractivity contribution in [3.8, 4) is 0 Å². The fourth-order valence-corrected chi connectivity index (χ4v) is 3.95. The summed E-state index contributed by atoms with van der Waals surface area (Å²) in [6.45, 7) is 1.36. The van der Waals surface area contributed by atoms with Crippen molar-refractivity contribution in [2.75, 3.05) is 36.5 Å². The second-order valence-electron chi connectivity index (χ2n) is 4.92. The Bertz CT molecular complexity index is 564. The highest BCUT2D eigenvalue weighted by molar-refractivity contribution is 7.91. The van der Waals surface area contributed by atoms with E-state index in [2.05, 4.69) is 25.9 Å². The summed E-state index contributed by atoms with van der Waals surface area (Å²) in [6, 6.07) is -0.291. The molecule has 21 heavy (non-hydrogen) atoms. The summed E-state index contributed by atoms with van der Waals surface area (Å²) in [4.78, 5) is 19.5. The van der Waals surface area contributed by atoms with Gasteiger partial charge in [0.15, 0.2) is 9.84 Å². The zero-order chi connectivity index (χ0) is 15.1. The first-order valence-electron chi connectivity index (χ1n) is 6.77. The Hall–Kier alpha value is -1.90. The fourth-order valence-electron chi connectivity index (χ4n) is 2.09. The second kappa shape index (κ2) is 7.21. The maximum absolute atomic E-state index is 11.5. The van der Waals surface area contributed by atoms with E-state index < -0.39 is 9.84 Å². The third kappa shape index (κ3) is 5.54. The Kier molecular flexibility index (Phi) is 5.32. The molecule has 2 rings (SSSR count). The van der Waals surface area contributed by atoms with Crippen molar-refractivity contribution in [2.24, 2.45) is 5.92 Å². The van der Waals surface area contributed by atoms with Crippen LogP contribution in [0, 0.1) is 5.92 Å². The van der Waals surface area contributed by atoms with E-state index in [-0.39, 0.29) is 23.5 Å². The Morgan fingerprint density at radius 3 is 2.81 bits per heavy atom. The van der Waals surface area contributed by atoms with Crippen molar-refractivity contribution < 1.29 is 13.2 Å². The van der Waals surface area contributed by atoms with E-state index in [1.807, 2.05) is 0 Å². The molecule has 2 amide bonds. The smallest absolute Gasteiger partial charge is 0.314 e. The highest BCUT2D eigenvalue weighted by Gasteiger charge is 2.27. The average Bonchev–Trinajstić information content (AvgIpc) is 2.82. The third-order valence-electron chi connectivity index (χ3n) is 3.16. The molecule has 8 nitrogen and oxygen atoms in total. The Labute approximate surface area is 123 Å². The molecule has 2 heterocycles. The first kappa shape index (κ1) is 15.5. The number of hydrogen-bond donors (Lipinski definition) is 3. The van der Waals surface area contributed by atoms with Crippen LogP contribution in [0.1, 0.15) is 6.42 Å². The molecule has 0 radical (unpaired) electrons. The van der Waals surface area contributed by atoms with Gasteiger partial charge in [-0.25, -0.2) is 18.2 Å². The number of nitrogens with zero attached hydrogens (tertiary/aromatic N) is 2. The van der Waals surface area contributed by atoms with Crippen molar-refractivity contribution >= 4 is 21.7 Å². The van der Waals surface area contributed by atoms with Gasteiger partial charge >= 0.3 is 6.03 Å². The molecule has 1 saturated heterocycles. The Morgan fingerprint density at radius 2 is 2.14 bits per heavy atom. The van der Waals surface area contributed by atoms with Gasteiger partial charge in [-0.1, -0.05) is 0 Å². The molecule has 9 heteroatoms. The summed E-state index contributed by atoms with van der Waals surface area (Å²) in [5.41, 5.74) is 0. The van der Waals surface area contributed by atoms with Gasteiger partial charge in [0.2, 0.25) is 0 Å². The summed E-state index contributed by atoms with van der Waals surface area (Å²) >= 11 is 0. The average molecular weight is 313 g/mol. The van der Waals surface area contributed by atoms with E-state index >= 15 is 0 Å². The lowest BCUT2D eigenvalue weighted by Gasteiger charge is -2.11. The van der Waals surface area contributed by atoms with Crippen LogP contribution in [-0.2, 0) is 9.84 Å². The van der Waals surface area contributed by atoms with Crippen LogP contribution in [0.4, 0.5) is 10.6 Å². The van der Waals surface area contributed by atoms with E-state index in [4.69, 9.17) is 0 Å². The van der Waals surface area contributed by atoms with Crippen molar-refractivity contribution in [1.29, 1.82) is 0 Å². The molecule has 1 aliphatic heterocycles. The van der Waals surface area contributed by atoms with Crippen LogP contribution < -0.4 is 16.0 Å². The SMILES string of the molecule is O=C(NCCNc1cnccn1)NC[C@H]1CCS(=O)(=O)C1. The minimum atomic E-state index is -2.89. The molecule has 0 aromatic carbocycles. The van der Waals surface area contributed by atoms with E-state index in [0.29, 0.717) is 31.9 Å². The Morgan fingerprint density at radius 1 is 1.29 bits per heavy atom. The number of amides is 2. The normalized spacial score (nSPS) is 19.9. The van der Waals surface area contributed by atoms with Crippen LogP contribution in [0.15, 0.2) is 18.6 Å². The molecule has 1 atom stereocenters. The van der Waals surface area contributed by atoms with E-state index in [1.54, 1.807) is 18.6 Å². The standard InChI is InChI=1S/C12H19N5O3S/c18-12(17-7-10-1-6-21(19,20)9-10)16-5-4-15-11-8-13-2-3-14-11/h2-3,8,10H,1,4-7,9H2,(H,14,15)(H2,16,17,18)/t10-/m1/s1. The van der Waals surface area contributed by atoms with Gasteiger partial charge in [0.25, 0.3) is 0 Å². The number of rotatable bonds is 6. The fraction of sp³-hybridized carbons (Fsp3) is 0.583. The molecule has 0 bridgehead atoms. The number of aromatic nitrogens is 2. The van der Waals surface area contributed by atoms with Gasteiger partial charge < -0.3 is 16.0 Å². The van der Waals surface area contributed by atoms with Crippen LogP contribution in [0.2, 0.25) is 0 Å². The minimum absolute atomic E-state index is 0.0264. The quantitative estimate of drug-likeness (QED) is 0.617. The zero-order valence-electron chi connectivity index (χ0n) is 11.6. The molecule has 0 spiro atoms. The van der Waals surface area contributed by atoms with Gasteiger partial charge in [-0.2, -0.15) is 0 Å². The maximum atomic E-state index is 11.5. The van der Waals surface area contributed by atoms with Gasteiger partial charge in [0.05, 0.1) is 17.7 Å². The zero-order valence-corrected chi connectivity index (χ0v) is 12.4. The molecule has 1 aromatic heterocycles. The summed E-state index contributed by atoms with van der Waals surface area (Å²) in [6.07, 6.45) is 5.38. The van der Waals surface area contributed by atoms with Crippen molar-refractivity contribution in [2.45, 2.75) is 6.42 Å². The van der Waals surface area contributed by atoms with Crippen molar-refractivity contribution in [3.63, 3.8) is 0 Å². The summed E-state index contributed by atoms with van der Waals surface area (Å²) in [5, 5.41) is 8.39. The van der Waals surface area contributed by atoms with Gasteiger partial charge in [0.1, 0.15) is 5.82 Å². The van der Waals surface area contributed by atoms with Crippen molar-refractivity contribution in [1.82, 2.24) is 20.6 Å². The van der Waals surface area contributed by atoms with E-state index in [1.165, 1.54) is 0 Å². The molecule has 0 unspecified atom stereocenters. The lowest BCUT2D eigenvalue weighted by molar-refractivity contribution is 0.239. The number of hydrogen-bond acceptors (Lipinski definition) is 6. The molecule has 0 aliphatic carbocycles. The molecule has 1 aliphatic rings. The third-order valence-corrected chi connectivity index (χ3v) is 4.99. The number of carbonyl (C=O) groups excluding carboxylic acids is 1. The molecule has 3 N–H and O–H groups in total. The topological polar surface area (TPSA) is 113 Å². The molecule has 116 valence electrons. The predicted octanol–water partition coefficient (Wildman–Crippen LogP) is -0.378. The number of nitrogens with one attached hydrogen (secondary N) is 3. The van der Waals surface area contributed by atoms with Crippen LogP contribution in [-0.4, -0.2) is 55.6 Å². The lowest BCUT2D eigenvalue weighted by atomic mass is 10.1. The van der Waals surface area contributed by atoms with Crippen molar-refractivity contribution in [3.05, 3.63) is 18.6 Å². The van der Waals surface area contributed by atoms with Crippen LogP contribution in [0.5, 0.6) is 0 Å². The van der Waals surface area contributed by atoms with E-state index in [9.17, 15) is 13.2 Å². The minimum Gasteiger partial charge on any atom is -0.367 e. The molecular formula is C12H19N5O3S. The van der Waals surface area contributed by atoms with Gasteiger partial charge in [-0.15, -0.1) is 0 Å². The lowest BCUT2D eigenvalue weighted by Crippen LogP contribution is -2.40. The molecule has 1 fully saturated rings. The molecule has 1 aromatic rings. The predicted molar refractivity (Wildman–Crippen MR) is 78.7 cm³/mol. The number of urea groups is 1. The molecular weight excluding hydrogens is 294 g/mol. The first-order valence-corrected chi connectivity index (χ1v) is 8.59. The summed E-state index contributed by atoms with van der Waals surface area (Å²) in [7, 11) is -2.89. The largest absolute Gasteiger partial charge is 0.367 e. The number of anilines is 1. The summed E-state index contributed by atoms with van der Waals surface area (Å²) in [5.74, 6) is 1.07. The highest BCUT2D eigenvalue weighted by Crippen LogP contribution is 2.17. The maximum Gasteiger partial charge on any atom is 0.314 e. The van der Waals surface area contributed by atoms with Crippen LogP contribution in [0.25, 0.3) is 0 Å². The molecule has 0 saturated carbocycles. The number of carbonyl (C=O) groups is 1. The van der Waals surface area contributed by atoms with E-state index in [0.717, 1.165) is 0 Å².